The van der Waals surface area contributed by atoms with E-state index in [4.69, 9.17) is 26.3 Å². The number of fused-ring (bicyclic) bond motifs is 1. The van der Waals surface area contributed by atoms with Gasteiger partial charge in [-0.25, -0.2) is 14.4 Å². The predicted molar refractivity (Wildman–Crippen MR) is 131 cm³/mol. The van der Waals surface area contributed by atoms with Crippen LogP contribution < -0.4 is 0 Å². The van der Waals surface area contributed by atoms with Gasteiger partial charge in [-0.3, -0.25) is 4.68 Å². The summed E-state index contributed by atoms with van der Waals surface area (Å²) in [4.78, 5) is 9.61. The molecule has 7 heteroatoms. The van der Waals surface area contributed by atoms with Gasteiger partial charge in [0.1, 0.15) is 5.82 Å². The van der Waals surface area contributed by atoms with E-state index < -0.39 is 0 Å². The molecule has 174 valence electrons. The van der Waals surface area contributed by atoms with Crippen LogP contribution in [0.4, 0.5) is 4.39 Å². The number of aryl methyl sites for hydroxylation is 2. The van der Waals surface area contributed by atoms with E-state index in [1.165, 1.54) is 18.9 Å². The molecule has 3 heterocycles. The molecule has 1 aliphatic carbocycles. The van der Waals surface area contributed by atoms with Gasteiger partial charge in [0.15, 0.2) is 0 Å². The third kappa shape index (κ3) is 3.99. The summed E-state index contributed by atoms with van der Waals surface area (Å²) in [5, 5.41) is 4.92. The topological polar surface area (TPSA) is 52.8 Å². The highest BCUT2D eigenvalue weighted by atomic mass is 35.5. The number of halogens is 2. The van der Waals surface area contributed by atoms with Crippen molar-refractivity contribution in [2.75, 3.05) is 6.61 Å². The first kappa shape index (κ1) is 21.7. The fraction of sp³-hybridized carbons (Fsp3) is 0.370. The molecule has 1 saturated heterocycles. The molecular formula is C27H26ClFN4O. The van der Waals surface area contributed by atoms with Crippen LogP contribution in [-0.4, -0.2) is 26.4 Å². The standard InChI is InChI=1S/C27H26ClFN4O/c1-15-16(2)32-27-23(22-6-3-20(28)12-24(22)29)9-18(10-25(27)31-15)17-7-8-34-26(11-17)19-13-30-33(14-19)21-4-5-21/h3,6,9-10,12-14,17,21,26H,4-5,7-8,11H2,1-2H3/t17-,26-/m0/s1. The largest absolute Gasteiger partial charge is 0.373 e. The first-order valence-corrected chi connectivity index (χ1v) is 12.2. The molecule has 1 saturated carbocycles. The van der Waals surface area contributed by atoms with Gasteiger partial charge in [-0.15, -0.1) is 0 Å². The van der Waals surface area contributed by atoms with E-state index in [1.807, 2.05) is 20.0 Å². The molecule has 2 fully saturated rings. The third-order valence-electron chi connectivity index (χ3n) is 7.09. The highest BCUT2D eigenvalue weighted by molar-refractivity contribution is 6.30. The lowest BCUT2D eigenvalue weighted by Crippen LogP contribution is -2.18. The molecule has 0 amide bonds. The minimum Gasteiger partial charge on any atom is -0.373 e. The summed E-state index contributed by atoms with van der Waals surface area (Å²) < 4.78 is 23.2. The summed E-state index contributed by atoms with van der Waals surface area (Å²) >= 11 is 6.03. The van der Waals surface area contributed by atoms with Gasteiger partial charge in [0.2, 0.25) is 0 Å². The molecule has 0 spiro atoms. The Morgan fingerprint density at radius 3 is 2.62 bits per heavy atom. The van der Waals surface area contributed by atoms with Gasteiger partial charge >= 0.3 is 0 Å². The molecule has 2 aliphatic rings. The average molecular weight is 477 g/mol. The number of hydrogen-bond acceptors (Lipinski definition) is 4. The second kappa shape index (κ2) is 8.43. The Morgan fingerprint density at radius 1 is 1.00 bits per heavy atom. The van der Waals surface area contributed by atoms with Crippen LogP contribution in [0.1, 0.15) is 66.3 Å². The van der Waals surface area contributed by atoms with E-state index in [1.54, 1.807) is 12.1 Å². The number of hydrogen-bond donors (Lipinski definition) is 0. The summed E-state index contributed by atoms with van der Waals surface area (Å²) in [7, 11) is 0. The highest BCUT2D eigenvalue weighted by Crippen LogP contribution is 2.42. The smallest absolute Gasteiger partial charge is 0.132 e. The highest BCUT2D eigenvalue weighted by Gasteiger charge is 2.30. The Kier molecular flexibility index (Phi) is 5.38. The van der Waals surface area contributed by atoms with Crippen LogP contribution in [0.25, 0.3) is 22.2 Å². The van der Waals surface area contributed by atoms with Crippen LogP contribution in [-0.2, 0) is 4.74 Å². The van der Waals surface area contributed by atoms with Gasteiger partial charge in [0.05, 0.1) is 40.8 Å². The van der Waals surface area contributed by atoms with Crippen LogP contribution in [0.3, 0.4) is 0 Å². The normalized spacial score (nSPS) is 20.7. The van der Waals surface area contributed by atoms with Gasteiger partial charge in [-0.05, 0) is 81.3 Å². The number of benzene rings is 2. The molecule has 34 heavy (non-hydrogen) atoms. The lowest BCUT2D eigenvalue weighted by Gasteiger charge is -2.30. The molecule has 0 radical (unpaired) electrons. The Labute approximate surface area is 202 Å². The molecule has 0 unspecified atom stereocenters. The van der Waals surface area contributed by atoms with Gasteiger partial charge in [-0.1, -0.05) is 11.6 Å². The van der Waals surface area contributed by atoms with Crippen molar-refractivity contribution in [1.82, 2.24) is 19.7 Å². The zero-order valence-electron chi connectivity index (χ0n) is 19.3. The van der Waals surface area contributed by atoms with Crippen LogP contribution >= 0.6 is 11.6 Å². The number of rotatable bonds is 4. The average Bonchev–Trinajstić information content (AvgIpc) is 3.56. The minimum atomic E-state index is -0.358. The number of nitrogens with zero attached hydrogens (tertiary/aromatic N) is 4. The van der Waals surface area contributed by atoms with E-state index in [0.29, 0.717) is 28.8 Å². The zero-order chi connectivity index (χ0) is 23.4. The van der Waals surface area contributed by atoms with Gasteiger partial charge in [-0.2, -0.15) is 5.10 Å². The fourth-order valence-corrected chi connectivity index (χ4v) is 5.05. The third-order valence-corrected chi connectivity index (χ3v) is 7.33. The first-order valence-electron chi connectivity index (χ1n) is 11.9. The molecule has 1 aliphatic heterocycles. The van der Waals surface area contributed by atoms with Crippen molar-refractivity contribution in [3.63, 3.8) is 0 Å². The van der Waals surface area contributed by atoms with E-state index in [9.17, 15) is 0 Å². The van der Waals surface area contributed by atoms with Crippen molar-refractivity contribution < 1.29 is 9.13 Å². The Bertz CT molecular complexity index is 1400. The van der Waals surface area contributed by atoms with Gasteiger partial charge < -0.3 is 4.74 Å². The number of ether oxygens (including phenoxy) is 1. The maximum absolute atomic E-state index is 15.0. The quantitative estimate of drug-likeness (QED) is 0.322. The molecule has 0 bridgehead atoms. The number of aromatic nitrogens is 4. The molecule has 6 rings (SSSR count). The molecule has 5 nitrogen and oxygen atoms in total. The predicted octanol–water partition coefficient (Wildman–Crippen LogP) is 6.87. The minimum absolute atomic E-state index is 0.00324. The summed E-state index contributed by atoms with van der Waals surface area (Å²) in [5.41, 5.74) is 6.73. The summed E-state index contributed by atoms with van der Waals surface area (Å²) in [6.07, 6.45) is 8.24. The molecule has 2 atom stereocenters. The zero-order valence-corrected chi connectivity index (χ0v) is 20.0. The van der Waals surface area contributed by atoms with Crippen molar-refractivity contribution in [2.24, 2.45) is 0 Å². The Morgan fingerprint density at radius 2 is 1.82 bits per heavy atom. The monoisotopic (exact) mass is 476 g/mol. The second-order valence-electron chi connectivity index (χ2n) is 9.52. The van der Waals surface area contributed by atoms with E-state index in [0.717, 1.165) is 46.4 Å². The van der Waals surface area contributed by atoms with Crippen LogP contribution in [0.2, 0.25) is 5.02 Å². The maximum Gasteiger partial charge on any atom is 0.132 e. The molecule has 2 aromatic heterocycles. The van der Waals surface area contributed by atoms with Gasteiger partial charge in [0.25, 0.3) is 0 Å². The van der Waals surface area contributed by atoms with Crippen LogP contribution in [0.15, 0.2) is 42.7 Å². The lowest BCUT2D eigenvalue weighted by atomic mass is 9.85. The fourth-order valence-electron chi connectivity index (χ4n) is 4.89. The maximum atomic E-state index is 15.0. The van der Waals surface area contributed by atoms with Crippen molar-refractivity contribution >= 4 is 22.6 Å². The lowest BCUT2D eigenvalue weighted by molar-refractivity contribution is 0.00523. The summed E-state index contributed by atoms with van der Waals surface area (Å²) in [5.74, 6) is -0.0896. The van der Waals surface area contributed by atoms with Crippen LogP contribution in [0, 0.1) is 19.7 Å². The van der Waals surface area contributed by atoms with E-state index >= 15 is 4.39 Å². The summed E-state index contributed by atoms with van der Waals surface area (Å²) in [6.45, 7) is 4.56. The molecule has 4 aromatic rings. The van der Waals surface area contributed by atoms with E-state index in [-0.39, 0.29) is 17.8 Å². The SMILES string of the molecule is Cc1nc2cc([C@H]3CCO[C@H](c4cnn(C5CC5)c4)C3)cc(-c3ccc(Cl)cc3F)c2nc1C. The van der Waals surface area contributed by atoms with Crippen molar-refractivity contribution in [2.45, 2.75) is 57.6 Å². The van der Waals surface area contributed by atoms with Crippen molar-refractivity contribution in [1.29, 1.82) is 0 Å². The van der Waals surface area contributed by atoms with Crippen molar-refractivity contribution in [3.05, 3.63) is 76.1 Å². The molecule has 0 N–H and O–H groups in total. The van der Waals surface area contributed by atoms with Gasteiger partial charge in [0, 0.05) is 34.5 Å². The molecule has 2 aromatic carbocycles. The van der Waals surface area contributed by atoms with Crippen molar-refractivity contribution in [3.8, 4) is 11.1 Å². The second-order valence-corrected chi connectivity index (χ2v) is 9.96. The Balaban J connectivity index is 1.41. The first-order chi connectivity index (χ1) is 16.5. The summed E-state index contributed by atoms with van der Waals surface area (Å²) in [6, 6.07) is 9.55. The van der Waals surface area contributed by atoms with Crippen LogP contribution in [0.5, 0.6) is 0 Å². The Hall–Kier alpha value is -2.83. The van der Waals surface area contributed by atoms with E-state index in [2.05, 4.69) is 28.1 Å². The molecular weight excluding hydrogens is 451 g/mol.